The maximum atomic E-state index is 9.26. The summed E-state index contributed by atoms with van der Waals surface area (Å²) in [6, 6.07) is 0.562. The molecule has 0 aromatic heterocycles. The SMILES string of the molecule is CCC(=O)[O-].CCC(=O)[O-].CCC(=O)[O-].CCC(=O)[O-].N[C@H]1CCCC[C@@H]1N.[Pt+4]. The number of rotatable bonds is 4. The van der Waals surface area contributed by atoms with Crippen LogP contribution in [-0.4, -0.2) is 36.0 Å². The molecule has 10 nitrogen and oxygen atoms in total. The normalized spacial score (nSPS) is 16.1. The number of carboxylic acids is 4. The zero-order chi connectivity index (χ0) is 23.1. The number of hydrogen-bond acceptors (Lipinski definition) is 10. The van der Waals surface area contributed by atoms with Gasteiger partial charge < -0.3 is 51.1 Å². The zero-order valence-corrected chi connectivity index (χ0v) is 19.8. The molecule has 1 aliphatic carbocycles. The summed E-state index contributed by atoms with van der Waals surface area (Å²) in [4.78, 5) is 37.0. The molecule has 0 radical (unpaired) electrons. The van der Waals surface area contributed by atoms with Crippen LogP contribution in [0.15, 0.2) is 0 Å². The fraction of sp³-hybridized carbons (Fsp3) is 0.778. The first kappa shape index (κ1) is 38.1. The van der Waals surface area contributed by atoms with Crippen molar-refractivity contribution in [2.45, 2.75) is 91.1 Å². The van der Waals surface area contributed by atoms with Crippen LogP contribution in [0.5, 0.6) is 0 Å². The third-order valence-corrected chi connectivity index (χ3v) is 3.03. The van der Waals surface area contributed by atoms with Crippen molar-refractivity contribution in [2.75, 3.05) is 0 Å². The number of aliphatic carboxylic acids is 4. The van der Waals surface area contributed by atoms with Crippen molar-refractivity contribution in [3.63, 3.8) is 0 Å². The van der Waals surface area contributed by atoms with Gasteiger partial charge in [-0.05, 0) is 38.5 Å². The molecule has 1 rings (SSSR count). The number of carboxylic acid groups (broad SMARTS) is 4. The molecule has 0 heterocycles. The first-order valence-electron chi connectivity index (χ1n) is 9.19. The van der Waals surface area contributed by atoms with Gasteiger partial charge in [-0.15, -0.1) is 0 Å². The van der Waals surface area contributed by atoms with Crippen LogP contribution in [0.4, 0.5) is 0 Å². The fourth-order valence-corrected chi connectivity index (χ4v) is 1.19. The summed E-state index contributed by atoms with van der Waals surface area (Å²) in [5.41, 5.74) is 11.3. The summed E-state index contributed by atoms with van der Waals surface area (Å²) in [5.74, 6) is -3.98. The second-order valence-corrected chi connectivity index (χ2v) is 5.51. The summed E-state index contributed by atoms with van der Waals surface area (Å²) >= 11 is 0. The van der Waals surface area contributed by atoms with E-state index in [0.29, 0.717) is 0 Å². The molecule has 0 unspecified atom stereocenters. The van der Waals surface area contributed by atoms with E-state index in [-0.39, 0.29) is 58.8 Å². The third-order valence-electron chi connectivity index (χ3n) is 3.03. The maximum Gasteiger partial charge on any atom is 4.00 e. The summed E-state index contributed by atoms with van der Waals surface area (Å²) in [7, 11) is 0. The molecular weight excluding hydrogens is 567 g/mol. The number of nitrogens with two attached hydrogens (primary N) is 2. The first-order chi connectivity index (χ1) is 12.9. The quantitative estimate of drug-likeness (QED) is 0.329. The minimum Gasteiger partial charge on any atom is -0.550 e. The molecule has 1 saturated carbocycles. The second-order valence-electron chi connectivity index (χ2n) is 5.51. The first-order valence-corrected chi connectivity index (χ1v) is 9.19. The van der Waals surface area contributed by atoms with Gasteiger partial charge in [0.15, 0.2) is 0 Å². The Labute approximate surface area is 187 Å². The fourth-order valence-electron chi connectivity index (χ4n) is 1.19. The van der Waals surface area contributed by atoms with Crippen LogP contribution < -0.4 is 31.9 Å². The molecule has 11 heteroatoms. The maximum absolute atomic E-state index is 9.26. The van der Waals surface area contributed by atoms with Gasteiger partial charge in [0.2, 0.25) is 0 Å². The Bertz CT molecular complexity index is 357. The molecule has 0 saturated heterocycles. The second kappa shape index (κ2) is 28.7. The molecule has 2 atom stereocenters. The standard InChI is InChI=1S/C6H14N2.4C3H6O2.Pt/c7-5-3-1-2-4-6(5)8;4*1-2-3(4)5;/h5-6H,1-4,7-8H2;4*2H2,1H3,(H,4,5);/q;;;;;+4/p-4/t5-,6-;;;;;/m0...../s1. The molecule has 0 amide bonds. The van der Waals surface area contributed by atoms with Crippen LogP contribution in [-0.2, 0) is 40.2 Å². The molecule has 0 aliphatic heterocycles. The van der Waals surface area contributed by atoms with Gasteiger partial charge in [0.05, 0.1) is 0 Å². The van der Waals surface area contributed by atoms with E-state index in [1.54, 1.807) is 0 Å². The summed E-state index contributed by atoms with van der Waals surface area (Å²) < 4.78 is 0. The molecular formula is C18H34N2O8Pt. The van der Waals surface area contributed by atoms with E-state index in [9.17, 15) is 39.6 Å². The Balaban J connectivity index is -0.0000000838. The number of carbonyl (C=O) groups excluding carboxylic acids is 4. The Morgan fingerprint density at radius 2 is 0.759 bits per heavy atom. The third kappa shape index (κ3) is 51.9. The van der Waals surface area contributed by atoms with E-state index in [1.807, 2.05) is 0 Å². The molecule has 1 fully saturated rings. The van der Waals surface area contributed by atoms with Crippen LogP contribution in [0.25, 0.3) is 0 Å². The molecule has 1 aliphatic rings. The van der Waals surface area contributed by atoms with Gasteiger partial charge in [0.1, 0.15) is 0 Å². The van der Waals surface area contributed by atoms with Crippen LogP contribution in [0.3, 0.4) is 0 Å². The number of hydrogen-bond donors (Lipinski definition) is 2. The van der Waals surface area contributed by atoms with E-state index in [4.69, 9.17) is 11.5 Å². The topological polar surface area (TPSA) is 213 Å². The van der Waals surface area contributed by atoms with E-state index in [0.717, 1.165) is 12.8 Å². The Hall–Kier alpha value is -1.51. The van der Waals surface area contributed by atoms with Crippen molar-refractivity contribution >= 4 is 23.9 Å². The Morgan fingerprint density at radius 3 is 0.828 bits per heavy atom. The molecule has 0 spiro atoms. The van der Waals surface area contributed by atoms with E-state index >= 15 is 0 Å². The van der Waals surface area contributed by atoms with Gasteiger partial charge in [0, 0.05) is 36.0 Å². The van der Waals surface area contributed by atoms with Gasteiger partial charge in [-0.3, -0.25) is 0 Å². The predicted molar refractivity (Wildman–Crippen MR) is 95.6 cm³/mol. The van der Waals surface area contributed by atoms with Crippen molar-refractivity contribution in [1.82, 2.24) is 0 Å². The molecule has 29 heavy (non-hydrogen) atoms. The average molecular weight is 602 g/mol. The summed E-state index contributed by atoms with van der Waals surface area (Å²) in [5, 5.41) is 37.0. The molecule has 174 valence electrons. The van der Waals surface area contributed by atoms with Crippen molar-refractivity contribution in [3.05, 3.63) is 0 Å². The molecule has 0 bridgehead atoms. The van der Waals surface area contributed by atoms with E-state index in [2.05, 4.69) is 0 Å². The van der Waals surface area contributed by atoms with Crippen molar-refractivity contribution in [3.8, 4) is 0 Å². The monoisotopic (exact) mass is 601 g/mol. The minimum atomic E-state index is -0.995. The van der Waals surface area contributed by atoms with Crippen molar-refractivity contribution in [1.29, 1.82) is 0 Å². The zero-order valence-electron chi connectivity index (χ0n) is 17.5. The van der Waals surface area contributed by atoms with Crippen LogP contribution in [0, 0.1) is 0 Å². The van der Waals surface area contributed by atoms with E-state index in [1.165, 1.54) is 40.5 Å². The molecule has 0 aromatic carbocycles. The Morgan fingerprint density at radius 1 is 0.621 bits per heavy atom. The van der Waals surface area contributed by atoms with Crippen molar-refractivity contribution < 1.29 is 60.7 Å². The molecule has 0 aromatic rings. The average Bonchev–Trinajstić information content (AvgIpc) is 2.65. The Kier molecular flexibility index (Phi) is 37.7. The minimum absolute atomic E-state index is 0. The van der Waals surface area contributed by atoms with Crippen molar-refractivity contribution in [2.24, 2.45) is 11.5 Å². The molecule has 4 N–H and O–H groups in total. The van der Waals surface area contributed by atoms with Gasteiger partial charge >= 0.3 is 21.1 Å². The summed E-state index contributed by atoms with van der Waals surface area (Å²) in [6.07, 6.45) is 5.24. The van der Waals surface area contributed by atoms with Crippen LogP contribution >= 0.6 is 0 Å². The summed E-state index contributed by atoms with van der Waals surface area (Å²) in [6.45, 7) is 6.15. The van der Waals surface area contributed by atoms with Gasteiger partial charge in [0.25, 0.3) is 0 Å². The smallest absolute Gasteiger partial charge is 0.550 e. The number of carbonyl (C=O) groups is 4. The van der Waals surface area contributed by atoms with E-state index < -0.39 is 23.9 Å². The van der Waals surface area contributed by atoms with Gasteiger partial charge in [-0.1, -0.05) is 40.5 Å². The largest absolute Gasteiger partial charge is 4.00 e. The van der Waals surface area contributed by atoms with Crippen LogP contribution in [0.1, 0.15) is 79.1 Å². The van der Waals surface area contributed by atoms with Gasteiger partial charge in [-0.2, -0.15) is 0 Å². The predicted octanol–water partition coefficient (Wildman–Crippen LogP) is -3.20. The van der Waals surface area contributed by atoms with Crippen LogP contribution in [0.2, 0.25) is 0 Å². The van der Waals surface area contributed by atoms with Gasteiger partial charge in [-0.25, -0.2) is 0 Å².